The number of anilines is 3. The van der Waals surface area contributed by atoms with Gasteiger partial charge >= 0.3 is 5.97 Å². The number of nitrogens with zero attached hydrogens (tertiary/aromatic N) is 1. The number of esters is 1. The fourth-order valence-corrected chi connectivity index (χ4v) is 4.31. The molecule has 0 unspecified atom stereocenters. The Labute approximate surface area is 237 Å². The van der Waals surface area contributed by atoms with Gasteiger partial charge in [0.15, 0.2) is 0 Å². The third-order valence-corrected chi connectivity index (χ3v) is 6.70. The summed E-state index contributed by atoms with van der Waals surface area (Å²) in [5.41, 5.74) is 1.44. The van der Waals surface area contributed by atoms with Crippen molar-refractivity contribution in [3.8, 4) is 0 Å². The number of halogens is 4. The maximum Gasteiger partial charge on any atom is 0.338 e. The molecule has 4 rings (SSSR count). The van der Waals surface area contributed by atoms with E-state index >= 15 is 0 Å². The van der Waals surface area contributed by atoms with Gasteiger partial charge in [0.25, 0.3) is 17.7 Å². The van der Waals surface area contributed by atoms with E-state index in [1.165, 1.54) is 24.3 Å². The largest absolute Gasteiger partial charge is 0.462 e. The number of benzene rings is 3. The number of hydrogen-bond acceptors (Lipinski definition) is 6. The van der Waals surface area contributed by atoms with Gasteiger partial charge in [0.2, 0.25) is 0 Å². The molecule has 0 radical (unpaired) electrons. The highest BCUT2D eigenvalue weighted by molar-refractivity contribution is 6.54. The molecule has 3 amide bonds. The molecule has 0 bridgehead atoms. The van der Waals surface area contributed by atoms with Gasteiger partial charge in [-0.1, -0.05) is 46.4 Å². The van der Waals surface area contributed by atoms with Crippen molar-refractivity contribution >= 4 is 87.2 Å². The maximum absolute atomic E-state index is 13.0. The van der Waals surface area contributed by atoms with Crippen molar-refractivity contribution in [2.24, 2.45) is 0 Å². The number of carbonyl (C=O) groups excluding carboxylic acids is 4. The zero-order valence-electron chi connectivity index (χ0n) is 19.5. The second kappa shape index (κ2) is 11.4. The van der Waals surface area contributed by atoms with Gasteiger partial charge in [0.05, 0.1) is 32.9 Å². The summed E-state index contributed by atoms with van der Waals surface area (Å²) in [4.78, 5) is 51.0. The predicted octanol–water partition coefficient (Wildman–Crippen LogP) is 6.51. The number of ether oxygens (including phenoxy) is 1. The van der Waals surface area contributed by atoms with E-state index in [4.69, 9.17) is 51.1 Å². The van der Waals surface area contributed by atoms with E-state index in [-0.39, 0.29) is 38.1 Å². The van der Waals surface area contributed by atoms with Crippen LogP contribution in [-0.4, -0.2) is 30.3 Å². The van der Waals surface area contributed by atoms with E-state index in [1.807, 2.05) is 0 Å². The maximum atomic E-state index is 13.0. The molecular formula is C26H17Cl4N3O5. The van der Waals surface area contributed by atoms with Crippen molar-refractivity contribution in [3.05, 3.63) is 97.6 Å². The smallest absolute Gasteiger partial charge is 0.338 e. The Morgan fingerprint density at radius 3 is 2.00 bits per heavy atom. The molecule has 1 heterocycles. The molecule has 2 N–H and O–H groups in total. The monoisotopic (exact) mass is 591 g/mol. The van der Waals surface area contributed by atoms with Crippen LogP contribution in [0.5, 0.6) is 0 Å². The van der Waals surface area contributed by atoms with Gasteiger partial charge < -0.3 is 15.4 Å². The van der Waals surface area contributed by atoms with Crippen LogP contribution in [-0.2, 0) is 14.3 Å². The molecule has 194 valence electrons. The van der Waals surface area contributed by atoms with Crippen LogP contribution >= 0.6 is 46.4 Å². The molecule has 38 heavy (non-hydrogen) atoms. The lowest BCUT2D eigenvalue weighted by atomic mass is 10.1. The Morgan fingerprint density at radius 1 is 0.789 bits per heavy atom. The van der Waals surface area contributed by atoms with E-state index in [9.17, 15) is 19.2 Å². The molecule has 0 spiro atoms. The summed E-state index contributed by atoms with van der Waals surface area (Å²) in [7, 11) is 0. The van der Waals surface area contributed by atoms with Gasteiger partial charge in [-0.25, -0.2) is 9.69 Å². The molecule has 0 saturated heterocycles. The van der Waals surface area contributed by atoms with E-state index in [2.05, 4.69) is 10.6 Å². The van der Waals surface area contributed by atoms with Crippen LogP contribution in [0.25, 0.3) is 0 Å². The Balaban J connectivity index is 1.45. The average molecular weight is 593 g/mol. The van der Waals surface area contributed by atoms with Crippen molar-refractivity contribution < 1.29 is 23.9 Å². The summed E-state index contributed by atoms with van der Waals surface area (Å²) < 4.78 is 4.94. The Hall–Kier alpha value is -3.56. The highest BCUT2D eigenvalue weighted by atomic mass is 35.5. The van der Waals surface area contributed by atoms with Crippen molar-refractivity contribution in [2.45, 2.75) is 6.92 Å². The highest BCUT2D eigenvalue weighted by Crippen LogP contribution is 2.38. The molecule has 0 saturated carbocycles. The zero-order chi connectivity index (χ0) is 27.6. The first kappa shape index (κ1) is 27.5. The molecule has 0 aliphatic carbocycles. The third kappa shape index (κ3) is 5.63. The van der Waals surface area contributed by atoms with Crippen LogP contribution in [0.4, 0.5) is 17.1 Å². The van der Waals surface area contributed by atoms with Crippen molar-refractivity contribution in [2.75, 3.05) is 22.1 Å². The molecule has 1 aliphatic rings. The van der Waals surface area contributed by atoms with E-state index in [1.54, 1.807) is 43.3 Å². The second-order valence-electron chi connectivity index (χ2n) is 7.81. The van der Waals surface area contributed by atoms with Crippen molar-refractivity contribution in [3.63, 3.8) is 0 Å². The van der Waals surface area contributed by atoms with Gasteiger partial charge in [0, 0.05) is 16.9 Å². The van der Waals surface area contributed by atoms with Crippen LogP contribution in [0.1, 0.15) is 27.6 Å². The lowest BCUT2D eigenvalue weighted by molar-refractivity contribution is -0.120. The predicted molar refractivity (Wildman–Crippen MR) is 147 cm³/mol. The van der Waals surface area contributed by atoms with Crippen LogP contribution in [0.3, 0.4) is 0 Å². The summed E-state index contributed by atoms with van der Waals surface area (Å²) in [6.07, 6.45) is 0. The molecular weight excluding hydrogens is 576 g/mol. The van der Waals surface area contributed by atoms with Gasteiger partial charge in [-0.2, -0.15) is 0 Å². The molecule has 3 aromatic carbocycles. The van der Waals surface area contributed by atoms with Gasteiger partial charge in [-0.15, -0.1) is 0 Å². The molecule has 3 aromatic rings. The first-order valence-electron chi connectivity index (χ1n) is 11.0. The molecule has 0 atom stereocenters. The minimum atomic E-state index is -0.788. The Kier molecular flexibility index (Phi) is 8.28. The number of carbonyl (C=O) groups is 4. The third-order valence-electron chi connectivity index (χ3n) is 5.33. The number of nitrogens with one attached hydrogen (secondary N) is 2. The SMILES string of the molecule is CCOC(=O)c1ccc(NC(=O)c2ccc(NC3=C(Cl)C(=O)N(c4cc(Cl)c(Cl)cc4Cl)C3=O)cc2)cc1. The lowest BCUT2D eigenvalue weighted by Crippen LogP contribution is -2.32. The van der Waals surface area contributed by atoms with E-state index in [0.717, 1.165) is 4.90 Å². The summed E-state index contributed by atoms with van der Waals surface area (Å²) in [6.45, 7) is 1.98. The van der Waals surface area contributed by atoms with Crippen LogP contribution < -0.4 is 15.5 Å². The zero-order valence-corrected chi connectivity index (χ0v) is 22.5. The second-order valence-corrected chi connectivity index (χ2v) is 9.41. The normalized spacial score (nSPS) is 13.1. The molecule has 1 aliphatic heterocycles. The summed E-state index contributed by atoms with van der Waals surface area (Å²) in [5.74, 6) is -2.38. The van der Waals surface area contributed by atoms with Gasteiger partial charge in [-0.3, -0.25) is 14.4 Å². The number of rotatable bonds is 7. The van der Waals surface area contributed by atoms with Crippen molar-refractivity contribution in [1.29, 1.82) is 0 Å². The molecule has 0 fully saturated rings. The fraction of sp³-hybridized carbons (Fsp3) is 0.0769. The Morgan fingerprint density at radius 2 is 1.37 bits per heavy atom. The minimum absolute atomic E-state index is 0.0355. The summed E-state index contributed by atoms with van der Waals surface area (Å²) >= 11 is 24.3. The van der Waals surface area contributed by atoms with Gasteiger partial charge in [-0.05, 0) is 67.6 Å². The quantitative estimate of drug-likeness (QED) is 0.184. The number of imide groups is 1. The lowest BCUT2D eigenvalue weighted by Gasteiger charge is -2.17. The summed E-state index contributed by atoms with van der Waals surface area (Å²) in [6, 6.07) is 15.0. The molecule has 8 nitrogen and oxygen atoms in total. The first-order chi connectivity index (χ1) is 18.1. The molecule has 12 heteroatoms. The van der Waals surface area contributed by atoms with E-state index in [0.29, 0.717) is 22.5 Å². The highest BCUT2D eigenvalue weighted by Gasteiger charge is 2.40. The number of hydrogen-bond donors (Lipinski definition) is 2. The van der Waals surface area contributed by atoms with Crippen LogP contribution in [0.15, 0.2) is 71.4 Å². The van der Waals surface area contributed by atoms with Crippen LogP contribution in [0, 0.1) is 0 Å². The average Bonchev–Trinajstić information content (AvgIpc) is 3.10. The fourth-order valence-electron chi connectivity index (χ4n) is 3.47. The standard InChI is InChI=1S/C26H17Cl4N3O5/c1-2-38-26(37)14-5-9-16(10-6-14)32-23(34)13-3-7-15(8-4-13)31-22-21(30)24(35)33(25(22)36)20-12-18(28)17(27)11-19(20)29/h3-12,31H,2H2,1H3,(H,32,34). The van der Waals surface area contributed by atoms with Gasteiger partial charge in [0.1, 0.15) is 10.7 Å². The van der Waals surface area contributed by atoms with E-state index < -0.39 is 23.7 Å². The molecule has 0 aromatic heterocycles. The van der Waals surface area contributed by atoms with Crippen LogP contribution in [0.2, 0.25) is 15.1 Å². The topological polar surface area (TPSA) is 105 Å². The minimum Gasteiger partial charge on any atom is -0.462 e. The first-order valence-corrected chi connectivity index (χ1v) is 12.5. The number of amides is 3. The summed E-state index contributed by atoms with van der Waals surface area (Å²) in [5, 5.41) is 5.51. The van der Waals surface area contributed by atoms with Crippen molar-refractivity contribution in [1.82, 2.24) is 0 Å². The Bertz CT molecular complexity index is 1490.